The van der Waals surface area contributed by atoms with Crippen LogP contribution in [0.4, 0.5) is 0 Å². The lowest BCUT2D eigenvalue weighted by atomic mass is 9.43. The maximum absolute atomic E-state index is 13.7. The van der Waals surface area contributed by atoms with Gasteiger partial charge in [-0.15, -0.1) is 0 Å². The summed E-state index contributed by atoms with van der Waals surface area (Å²) in [5.74, 6) is -1.55. The minimum absolute atomic E-state index is 0.0186. The molecule has 6 fully saturated rings. The van der Waals surface area contributed by atoms with Gasteiger partial charge in [-0.25, -0.2) is 4.79 Å². The summed E-state index contributed by atoms with van der Waals surface area (Å²) in [5.41, 5.74) is -3.15. The van der Waals surface area contributed by atoms with Crippen LogP contribution in [0.25, 0.3) is 0 Å². The molecule has 1 aromatic rings. The predicted octanol–water partition coefficient (Wildman–Crippen LogP) is 1.76. The number of nitrogens with zero attached hydrogens (tertiary/aromatic N) is 1. The Morgan fingerprint density at radius 2 is 1.77 bits per heavy atom. The SMILES string of the molecule is CCN1C[C@]2(COC)CC[C@H](OC)[C@]34C1[C@H]([C@H](OC)[C@H]23)[C@]1(OC)[C@H]2[C@@H](OC(=O)c3ccccc3)[C@](O)(C[C@H]24)[C@@H](OC)[C@@H]1O. The van der Waals surface area contributed by atoms with Gasteiger partial charge in [0.2, 0.25) is 0 Å². The number of likely N-dealkylation sites (tertiary alicyclic amines) is 1. The molecule has 1 unspecified atom stereocenters. The second-order valence-electron chi connectivity index (χ2n) is 13.9. The highest BCUT2D eigenvalue weighted by Gasteiger charge is 2.90. The van der Waals surface area contributed by atoms with Gasteiger partial charge in [-0.05, 0) is 43.9 Å². The van der Waals surface area contributed by atoms with Crippen LogP contribution in [-0.2, 0) is 28.4 Å². The molecule has 2 N–H and O–H groups in total. The van der Waals surface area contributed by atoms with Crippen molar-refractivity contribution in [1.82, 2.24) is 4.90 Å². The summed E-state index contributed by atoms with van der Waals surface area (Å²) in [6.07, 6.45) is -1.58. The Morgan fingerprint density at radius 1 is 1.02 bits per heavy atom. The number of hydrogen-bond acceptors (Lipinski definition) is 10. The zero-order valence-electron chi connectivity index (χ0n) is 26.1. The number of carbonyl (C=O) groups excluding carboxylic acids is 1. The van der Waals surface area contributed by atoms with E-state index >= 15 is 0 Å². The van der Waals surface area contributed by atoms with Crippen LogP contribution in [0.2, 0.25) is 0 Å². The van der Waals surface area contributed by atoms with E-state index in [1.54, 1.807) is 52.7 Å². The van der Waals surface area contributed by atoms with E-state index in [1.165, 1.54) is 7.11 Å². The smallest absolute Gasteiger partial charge is 0.338 e. The first-order valence-corrected chi connectivity index (χ1v) is 15.7. The van der Waals surface area contributed by atoms with E-state index in [0.717, 1.165) is 25.9 Å². The van der Waals surface area contributed by atoms with Crippen molar-refractivity contribution in [1.29, 1.82) is 0 Å². The van der Waals surface area contributed by atoms with Gasteiger partial charge in [-0.1, -0.05) is 25.1 Å². The summed E-state index contributed by atoms with van der Waals surface area (Å²) in [7, 11) is 8.45. The number of aliphatic hydroxyl groups is 2. The average molecular weight is 602 g/mol. The fourth-order valence-corrected chi connectivity index (χ4v) is 12.3. The molecule has 0 aromatic heterocycles. The minimum Gasteiger partial charge on any atom is -0.455 e. The molecular formula is C33H47NO9. The Balaban J connectivity index is 1.49. The molecular weight excluding hydrogens is 554 g/mol. The van der Waals surface area contributed by atoms with Crippen molar-refractivity contribution in [3.8, 4) is 0 Å². The first kappa shape index (κ1) is 30.0. The van der Waals surface area contributed by atoms with E-state index in [1.807, 2.05) is 6.07 Å². The third-order valence-electron chi connectivity index (χ3n) is 13.1. The van der Waals surface area contributed by atoms with Crippen LogP contribution >= 0.6 is 0 Å². The first-order chi connectivity index (χ1) is 20.7. The predicted molar refractivity (Wildman–Crippen MR) is 154 cm³/mol. The molecule has 1 heterocycles. The summed E-state index contributed by atoms with van der Waals surface area (Å²) >= 11 is 0. The monoisotopic (exact) mass is 601 g/mol. The van der Waals surface area contributed by atoms with E-state index in [2.05, 4.69) is 11.8 Å². The molecule has 43 heavy (non-hydrogen) atoms. The Hall–Kier alpha value is -1.63. The van der Waals surface area contributed by atoms with Gasteiger partial charge in [0.25, 0.3) is 0 Å². The molecule has 10 nitrogen and oxygen atoms in total. The largest absolute Gasteiger partial charge is 0.455 e. The van der Waals surface area contributed by atoms with Crippen molar-refractivity contribution in [2.24, 2.45) is 34.5 Å². The molecule has 5 aliphatic carbocycles. The second-order valence-corrected chi connectivity index (χ2v) is 13.9. The lowest BCUT2D eigenvalue weighted by molar-refractivity contribution is -0.321. The van der Waals surface area contributed by atoms with Gasteiger partial charge in [0.05, 0.1) is 24.4 Å². The molecule has 7 rings (SSSR count). The molecule has 10 heteroatoms. The van der Waals surface area contributed by atoms with Gasteiger partial charge in [-0.3, -0.25) is 4.90 Å². The van der Waals surface area contributed by atoms with Gasteiger partial charge < -0.3 is 38.6 Å². The quantitative estimate of drug-likeness (QED) is 0.406. The van der Waals surface area contributed by atoms with Crippen LogP contribution < -0.4 is 0 Å². The van der Waals surface area contributed by atoms with E-state index in [9.17, 15) is 15.0 Å². The number of rotatable bonds is 9. The fourth-order valence-electron chi connectivity index (χ4n) is 12.3. The molecule has 6 aliphatic rings. The van der Waals surface area contributed by atoms with Crippen molar-refractivity contribution in [2.45, 2.75) is 73.9 Å². The Morgan fingerprint density at radius 3 is 2.37 bits per heavy atom. The van der Waals surface area contributed by atoms with Gasteiger partial charge in [0.15, 0.2) is 0 Å². The normalized spacial score (nSPS) is 51.0. The fraction of sp³-hybridized carbons (Fsp3) is 0.788. The van der Waals surface area contributed by atoms with Crippen LogP contribution in [0.5, 0.6) is 0 Å². The zero-order valence-corrected chi connectivity index (χ0v) is 26.1. The molecule has 1 spiro atoms. The molecule has 0 radical (unpaired) electrons. The molecule has 0 amide bonds. The van der Waals surface area contributed by atoms with Gasteiger partial charge in [0.1, 0.15) is 29.5 Å². The molecule has 5 saturated carbocycles. The number of carbonyl (C=O) groups is 1. The van der Waals surface area contributed by atoms with Crippen LogP contribution in [0.3, 0.4) is 0 Å². The van der Waals surface area contributed by atoms with E-state index in [0.29, 0.717) is 12.2 Å². The highest BCUT2D eigenvalue weighted by Crippen LogP contribution is 2.80. The molecule has 1 aromatic carbocycles. The van der Waals surface area contributed by atoms with E-state index in [-0.39, 0.29) is 47.8 Å². The van der Waals surface area contributed by atoms with Gasteiger partial charge in [-0.2, -0.15) is 0 Å². The molecule has 7 bridgehead atoms. The average Bonchev–Trinajstić information content (AvgIpc) is 3.39. The number of esters is 1. The Labute approximate surface area is 253 Å². The Bertz CT molecular complexity index is 1230. The van der Waals surface area contributed by atoms with E-state index < -0.39 is 46.8 Å². The maximum atomic E-state index is 13.7. The number of methoxy groups -OCH3 is 5. The lowest BCUT2D eigenvalue weighted by Gasteiger charge is -2.69. The second kappa shape index (κ2) is 10.2. The molecule has 1 aliphatic heterocycles. The lowest BCUT2D eigenvalue weighted by Crippen LogP contribution is -2.80. The van der Waals surface area contributed by atoms with Crippen molar-refractivity contribution < 1.29 is 43.4 Å². The Kier molecular flexibility index (Phi) is 7.12. The molecule has 14 atom stereocenters. The summed E-state index contributed by atoms with van der Waals surface area (Å²) in [6, 6.07) is 8.79. The number of piperidine rings is 1. The van der Waals surface area contributed by atoms with Crippen LogP contribution in [0, 0.1) is 34.5 Å². The number of hydrogen-bond donors (Lipinski definition) is 2. The molecule has 238 valence electrons. The summed E-state index contributed by atoms with van der Waals surface area (Å²) in [4.78, 5) is 16.2. The maximum Gasteiger partial charge on any atom is 0.338 e. The third kappa shape index (κ3) is 3.34. The van der Waals surface area contributed by atoms with Crippen LogP contribution in [0.1, 0.15) is 36.5 Å². The summed E-state index contributed by atoms with van der Waals surface area (Å²) in [6.45, 7) is 4.40. The van der Waals surface area contributed by atoms with Crippen molar-refractivity contribution >= 4 is 5.97 Å². The third-order valence-corrected chi connectivity index (χ3v) is 13.1. The highest BCUT2D eigenvalue weighted by atomic mass is 16.6. The summed E-state index contributed by atoms with van der Waals surface area (Å²) in [5, 5.41) is 25.1. The van der Waals surface area contributed by atoms with Crippen LogP contribution in [0.15, 0.2) is 30.3 Å². The number of ether oxygens (including phenoxy) is 6. The number of benzene rings is 1. The van der Waals surface area contributed by atoms with E-state index in [4.69, 9.17) is 28.4 Å². The van der Waals surface area contributed by atoms with Gasteiger partial charge in [0, 0.05) is 76.7 Å². The number of fused-ring (bicyclic) bond motifs is 2. The topological polar surface area (TPSA) is 116 Å². The van der Waals surface area contributed by atoms with Crippen LogP contribution in [-0.4, -0.2) is 124 Å². The molecule has 1 saturated heterocycles. The van der Waals surface area contributed by atoms with Crippen molar-refractivity contribution in [3.63, 3.8) is 0 Å². The number of aliphatic hydroxyl groups excluding tert-OH is 1. The standard InChI is InChI=1S/C33H47NO9/c1-7-34-16-30(17-38-2)14-13-20(39-3)32-19-15-31(37)27(43-29(36)18-11-9-8-10-12-18)21(19)33(42-6,26(35)28(31)41-5)22(25(32)34)23(40-4)24(30)32/h8-12,19-28,35,37H,7,13-17H2,1-6H3/t19-,20+,21-,22+,23+,24-,25?,26+,27-,28+,30+,31-,32+,33-/m1/s1. The van der Waals surface area contributed by atoms with Crippen molar-refractivity contribution in [3.05, 3.63) is 35.9 Å². The van der Waals surface area contributed by atoms with Gasteiger partial charge >= 0.3 is 5.97 Å². The summed E-state index contributed by atoms with van der Waals surface area (Å²) < 4.78 is 38.0. The van der Waals surface area contributed by atoms with Crippen molar-refractivity contribution in [2.75, 3.05) is 55.2 Å². The zero-order chi connectivity index (χ0) is 30.5. The first-order valence-electron chi connectivity index (χ1n) is 15.7. The minimum atomic E-state index is -1.64. The highest BCUT2D eigenvalue weighted by molar-refractivity contribution is 5.89.